The van der Waals surface area contributed by atoms with Crippen LogP contribution in [0.4, 0.5) is 5.69 Å². The molecule has 2 aromatic rings. The van der Waals surface area contributed by atoms with Gasteiger partial charge >= 0.3 is 0 Å². The van der Waals surface area contributed by atoms with Crippen molar-refractivity contribution in [2.45, 2.75) is 27.4 Å². The number of ether oxygens (including phenoxy) is 1. The summed E-state index contributed by atoms with van der Waals surface area (Å²) in [6, 6.07) is 10.2. The fraction of sp³-hybridized carbons (Fsp3) is 0.429. The molecule has 0 aliphatic carbocycles. The number of benzene rings is 1. The van der Waals surface area contributed by atoms with Gasteiger partial charge in [0.25, 0.3) is 5.91 Å². The third-order valence-corrected chi connectivity index (χ3v) is 5.73. The average molecular weight is 402 g/mol. The Morgan fingerprint density at radius 2 is 1.93 bits per heavy atom. The van der Waals surface area contributed by atoms with Gasteiger partial charge in [0.1, 0.15) is 10.4 Å². The highest BCUT2D eigenvalue weighted by molar-refractivity contribution is 7.71. The van der Waals surface area contributed by atoms with Gasteiger partial charge in [-0.05, 0) is 44.5 Å². The van der Waals surface area contributed by atoms with E-state index in [0.717, 1.165) is 55.5 Å². The fourth-order valence-corrected chi connectivity index (χ4v) is 4.34. The predicted molar refractivity (Wildman–Crippen MR) is 114 cm³/mol. The van der Waals surface area contributed by atoms with E-state index in [9.17, 15) is 4.79 Å². The number of aromatic nitrogens is 1. The molecule has 1 amide bonds. The van der Waals surface area contributed by atoms with Gasteiger partial charge in [0.2, 0.25) is 0 Å². The molecular weight excluding hydrogens is 372 g/mol. The summed E-state index contributed by atoms with van der Waals surface area (Å²) in [5.74, 6) is 0.486. The first kappa shape index (κ1) is 20.4. The Morgan fingerprint density at radius 1 is 1.25 bits per heavy atom. The van der Waals surface area contributed by atoms with Gasteiger partial charge in [0.05, 0.1) is 44.0 Å². The molecule has 1 aromatic heterocycles. The molecule has 1 aliphatic rings. The number of hydrogen-bond acceptors (Lipinski definition) is 4. The van der Waals surface area contributed by atoms with E-state index in [0.29, 0.717) is 16.8 Å². The van der Waals surface area contributed by atoms with Crippen LogP contribution in [0.3, 0.4) is 0 Å². The zero-order valence-corrected chi connectivity index (χ0v) is 17.6. The minimum absolute atomic E-state index is 0.455. The van der Waals surface area contributed by atoms with Crippen molar-refractivity contribution < 1.29 is 14.4 Å². The van der Waals surface area contributed by atoms with Gasteiger partial charge in [-0.1, -0.05) is 24.4 Å². The average Bonchev–Trinajstić information content (AvgIpc) is 2.66. The van der Waals surface area contributed by atoms with Gasteiger partial charge in [-0.3, -0.25) is 9.36 Å². The highest BCUT2D eigenvalue weighted by Gasteiger charge is 2.23. The van der Waals surface area contributed by atoms with Crippen LogP contribution in [0.5, 0.6) is 5.75 Å². The lowest BCUT2D eigenvalue weighted by Gasteiger charge is -2.35. The molecule has 0 saturated carbocycles. The Kier molecular flexibility index (Phi) is 6.36. The van der Waals surface area contributed by atoms with Crippen molar-refractivity contribution >= 4 is 23.8 Å². The van der Waals surface area contributed by atoms with E-state index >= 15 is 0 Å². The summed E-state index contributed by atoms with van der Waals surface area (Å²) in [6.45, 7) is 11.2. The summed E-state index contributed by atoms with van der Waals surface area (Å²) >= 11 is 5.58. The molecule has 1 saturated heterocycles. The van der Waals surface area contributed by atoms with E-state index in [2.05, 4.69) is 17.0 Å². The van der Waals surface area contributed by atoms with E-state index < -0.39 is 5.91 Å². The molecule has 0 atom stereocenters. The van der Waals surface area contributed by atoms with Crippen molar-refractivity contribution in [3.05, 3.63) is 51.8 Å². The number of carbonyl (C=O) groups excluding carboxylic acids is 1. The maximum Gasteiger partial charge on any atom is 0.251 e. The smallest absolute Gasteiger partial charge is 0.251 e. The summed E-state index contributed by atoms with van der Waals surface area (Å²) in [6.07, 6.45) is 0. The Hall–Kier alpha value is -2.38. The first-order valence-electron chi connectivity index (χ1n) is 9.73. The van der Waals surface area contributed by atoms with Crippen molar-refractivity contribution in [2.24, 2.45) is 5.73 Å². The number of aryl methyl sites for hydroxylation is 2. The molecule has 2 heterocycles. The zero-order chi connectivity index (χ0) is 20.3. The number of primary amides is 1. The van der Waals surface area contributed by atoms with Gasteiger partial charge in [0, 0.05) is 5.69 Å². The van der Waals surface area contributed by atoms with Crippen LogP contribution < -0.4 is 20.3 Å². The molecule has 0 radical (unpaired) electrons. The predicted octanol–water partition coefficient (Wildman–Crippen LogP) is 1.69. The van der Waals surface area contributed by atoms with Crippen LogP contribution in [-0.2, 0) is 6.67 Å². The van der Waals surface area contributed by atoms with Gasteiger partial charge in [-0.15, -0.1) is 0 Å². The second-order valence-electron chi connectivity index (χ2n) is 7.24. The van der Waals surface area contributed by atoms with Gasteiger partial charge in [-0.2, -0.15) is 0 Å². The van der Waals surface area contributed by atoms with Crippen LogP contribution in [0.2, 0.25) is 0 Å². The molecule has 1 aliphatic heterocycles. The first-order chi connectivity index (χ1) is 13.4. The van der Waals surface area contributed by atoms with E-state index in [1.54, 1.807) is 0 Å². The normalized spacial score (nSPS) is 14.9. The number of nitrogens with two attached hydrogens (primary N) is 1. The summed E-state index contributed by atoms with van der Waals surface area (Å²) in [5, 5.41) is 0. The minimum Gasteiger partial charge on any atom is -0.492 e. The van der Waals surface area contributed by atoms with Crippen molar-refractivity contribution in [2.75, 3.05) is 37.7 Å². The standard InChI is InChI=1S/C21H28N4O2S/c1-4-27-18-8-6-5-7-17(18)24-11-9-23(10-12-24)14-25-16(3)13-15(2)19(20(22)26)21(25)28/h5-8,13H,4,9-12,14H2,1-3H3,(H2,22,26)/p+1. The zero-order valence-electron chi connectivity index (χ0n) is 16.8. The van der Waals surface area contributed by atoms with Crippen LogP contribution in [-0.4, -0.2) is 43.3 Å². The van der Waals surface area contributed by atoms with Crippen molar-refractivity contribution in [3.63, 3.8) is 0 Å². The molecule has 3 rings (SSSR count). The first-order valence-corrected chi connectivity index (χ1v) is 10.1. The largest absolute Gasteiger partial charge is 0.492 e. The lowest BCUT2D eigenvalue weighted by atomic mass is 10.1. The summed E-state index contributed by atoms with van der Waals surface area (Å²) < 4.78 is 8.37. The van der Waals surface area contributed by atoms with Crippen LogP contribution in [0.15, 0.2) is 30.3 Å². The highest BCUT2D eigenvalue weighted by atomic mass is 32.1. The van der Waals surface area contributed by atoms with Gasteiger partial charge < -0.3 is 20.3 Å². The Bertz CT molecular complexity index is 917. The maximum atomic E-state index is 11.8. The summed E-state index contributed by atoms with van der Waals surface area (Å²) in [4.78, 5) is 15.6. The van der Waals surface area contributed by atoms with E-state index in [1.807, 2.05) is 43.5 Å². The van der Waals surface area contributed by atoms with E-state index in [-0.39, 0.29) is 0 Å². The second kappa shape index (κ2) is 8.75. The number of piperazine rings is 1. The third-order valence-electron chi connectivity index (χ3n) is 5.31. The fourth-order valence-electron chi connectivity index (χ4n) is 3.86. The van der Waals surface area contributed by atoms with Crippen LogP contribution in [0, 0.1) is 18.5 Å². The number of hydrogen-bond donors (Lipinski definition) is 2. The number of nitrogens with one attached hydrogen (secondary N) is 1. The van der Waals surface area contributed by atoms with Crippen LogP contribution >= 0.6 is 12.2 Å². The highest BCUT2D eigenvalue weighted by Crippen LogP contribution is 2.27. The number of para-hydroxylation sites is 2. The third kappa shape index (κ3) is 4.20. The lowest BCUT2D eigenvalue weighted by molar-refractivity contribution is -0.923. The number of pyridine rings is 1. The number of quaternary nitrogens is 1. The number of nitrogens with zero attached hydrogens (tertiary/aromatic N) is 2. The van der Waals surface area contributed by atoms with Crippen molar-refractivity contribution in [3.8, 4) is 5.75 Å². The molecule has 28 heavy (non-hydrogen) atoms. The SMILES string of the molecule is CCOc1ccccc1N1CC[NH+](Cn2c(C)cc(C)c(C(N)=O)c2=S)CC1. The minimum atomic E-state index is -0.455. The summed E-state index contributed by atoms with van der Waals surface area (Å²) in [7, 11) is 0. The monoisotopic (exact) mass is 401 g/mol. The molecule has 0 spiro atoms. The second-order valence-corrected chi connectivity index (χ2v) is 7.62. The van der Waals surface area contributed by atoms with E-state index in [1.165, 1.54) is 4.90 Å². The number of carbonyl (C=O) groups is 1. The van der Waals surface area contributed by atoms with Crippen LogP contribution in [0.25, 0.3) is 0 Å². The van der Waals surface area contributed by atoms with Crippen molar-refractivity contribution in [1.29, 1.82) is 0 Å². The molecule has 1 aromatic carbocycles. The Morgan fingerprint density at radius 3 is 2.57 bits per heavy atom. The Labute approximate surface area is 171 Å². The molecule has 150 valence electrons. The molecule has 3 N–H and O–H groups in total. The van der Waals surface area contributed by atoms with Gasteiger partial charge in [-0.25, -0.2) is 0 Å². The number of anilines is 1. The maximum absolute atomic E-state index is 11.8. The topological polar surface area (TPSA) is 64.9 Å². The molecule has 1 fully saturated rings. The van der Waals surface area contributed by atoms with Gasteiger partial charge in [0.15, 0.2) is 6.67 Å². The summed E-state index contributed by atoms with van der Waals surface area (Å²) in [5.41, 5.74) is 9.07. The molecule has 0 unspecified atom stereocenters. The molecule has 6 nitrogen and oxygen atoms in total. The molecule has 7 heteroatoms. The molecular formula is C21H29N4O2S+. The van der Waals surface area contributed by atoms with Crippen LogP contribution in [0.1, 0.15) is 28.5 Å². The van der Waals surface area contributed by atoms with E-state index in [4.69, 9.17) is 22.7 Å². The lowest BCUT2D eigenvalue weighted by Crippen LogP contribution is -3.14. The Balaban J connectivity index is 1.73. The molecule has 0 bridgehead atoms. The quantitative estimate of drug-likeness (QED) is 0.723. The number of rotatable bonds is 6. The number of amides is 1. The van der Waals surface area contributed by atoms with Crippen molar-refractivity contribution in [1.82, 2.24) is 4.57 Å².